The van der Waals surface area contributed by atoms with Gasteiger partial charge in [0.15, 0.2) is 5.65 Å². The normalized spacial score (nSPS) is 15.5. The molecule has 1 atom stereocenters. The van der Waals surface area contributed by atoms with E-state index in [0.29, 0.717) is 29.0 Å². The SMILES string of the molecule is Cc1noc(C)c1-c1ccc2nc(CCCN3CCOCC3)c(=O)n([C@@H](C)c3ccccc3)c2n1. The van der Waals surface area contributed by atoms with Crippen LogP contribution in [0, 0.1) is 13.8 Å². The maximum absolute atomic E-state index is 13.8. The maximum atomic E-state index is 13.8. The van der Waals surface area contributed by atoms with Crippen molar-refractivity contribution in [3.8, 4) is 11.3 Å². The van der Waals surface area contributed by atoms with E-state index < -0.39 is 0 Å². The van der Waals surface area contributed by atoms with Gasteiger partial charge in [-0.05, 0) is 57.9 Å². The summed E-state index contributed by atoms with van der Waals surface area (Å²) >= 11 is 0. The van der Waals surface area contributed by atoms with Crippen molar-refractivity contribution in [3.63, 3.8) is 0 Å². The Morgan fingerprint density at radius 1 is 1.03 bits per heavy atom. The van der Waals surface area contributed by atoms with E-state index in [1.807, 2.05) is 63.2 Å². The van der Waals surface area contributed by atoms with Gasteiger partial charge in [0.2, 0.25) is 0 Å². The molecule has 5 rings (SSSR count). The average Bonchev–Trinajstić information content (AvgIpc) is 3.22. The van der Waals surface area contributed by atoms with Crippen LogP contribution < -0.4 is 5.56 Å². The molecular formula is C27H31N5O3. The zero-order chi connectivity index (χ0) is 24.4. The van der Waals surface area contributed by atoms with Crippen LogP contribution in [0.5, 0.6) is 0 Å². The number of aryl methyl sites for hydroxylation is 3. The third-order valence-corrected chi connectivity index (χ3v) is 6.75. The molecule has 35 heavy (non-hydrogen) atoms. The molecule has 0 N–H and O–H groups in total. The van der Waals surface area contributed by atoms with E-state index in [0.717, 1.165) is 61.8 Å². The second kappa shape index (κ2) is 10.1. The van der Waals surface area contributed by atoms with Gasteiger partial charge in [-0.3, -0.25) is 14.3 Å². The summed E-state index contributed by atoms with van der Waals surface area (Å²) in [6.45, 7) is 10.2. The fourth-order valence-corrected chi connectivity index (χ4v) is 4.82. The highest BCUT2D eigenvalue weighted by atomic mass is 16.5. The summed E-state index contributed by atoms with van der Waals surface area (Å²) < 4.78 is 12.6. The summed E-state index contributed by atoms with van der Waals surface area (Å²) in [7, 11) is 0. The molecule has 0 bridgehead atoms. The first-order valence-electron chi connectivity index (χ1n) is 12.2. The van der Waals surface area contributed by atoms with Gasteiger partial charge in [-0.15, -0.1) is 0 Å². The molecular weight excluding hydrogens is 442 g/mol. The monoisotopic (exact) mass is 473 g/mol. The Labute approximate surface area is 204 Å². The molecule has 182 valence electrons. The second-order valence-corrected chi connectivity index (χ2v) is 9.12. The van der Waals surface area contributed by atoms with Crippen LogP contribution in [0.4, 0.5) is 0 Å². The van der Waals surface area contributed by atoms with E-state index >= 15 is 0 Å². The highest BCUT2D eigenvalue weighted by Crippen LogP contribution is 2.28. The molecule has 8 heteroatoms. The van der Waals surface area contributed by atoms with Crippen molar-refractivity contribution in [2.45, 2.75) is 39.7 Å². The van der Waals surface area contributed by atoms with Crippen LogP contribution in [0.3, 0.4) is 0 Å². The lowest BCUT2D eigenvalue weighted by molar-refractivity contribution is 0.0374. The number of rotatable bonds is 7. The quantitative estimate of drug-likeness (QED) is 0.402. The fourth-order valence-electron chi connectivity index (χ4n) is 4.82. The summed E-state index contributed by atoms with van der Waals surface area (Å²) in [5.74, 6) is 0.701. The Morgan fingerprint density at radius 2 is 1.80 bits per heavy atom. The standard InChI is InChI=1S/C27H31N5O3/c1-18-25(20(3)35-30-18)22-11-12-23-26(29-22)32(19(2)21-8-5-4-6-9-21)27(33)24(28-23)10-7-13-31-14-16-34-17-15-31/h4-6,8-9,11-12,19H,7,10,13-17H2,1-3H3/t19-/m0/s1. The summed E-state index contributed by atoms with van der Waals surface area (Å²) in [6.07, 6.45) is 1.50. The first-order chi connectivity index (χ1) is 17.0. The predicted molar refractivity (Wildman–Crippen MR) is 135 cm³/mol. The number of fused-ring (bicyclic) bond motifs is 1. The van der Waals surface area contributed by atoms with Gasteiger partial charge in [-0.1, -0.05) is 35.5 Å². The van der Waals surface area contributed by atoms with Crippen LogP contribution in [0.15, 0.2) is 51.8 Å². The number of hydrogen-bond acceptors (Lipinski definition) is 7. The highest BCUT2D eigenvalue weighted by Gasteiger charge is 2.21. The smallest absolute Gasteiger partial charge is 0.274 e. The van der Waals surface area contributed by atoms with Crippen molar-refractivity contribution in [2.75, 3.05) is 32.8 Å². The summed E-state index contributed by atoms with van der Waals surface area (Å²) in [5, 5.41) is 4.07. The van der Waals surface area contributed by atoms with Crippen LogP contribution in [-0.2, 0) is 11.2 Å². The van der Waals surface area contributed by atoms with Gasteiger partial charge in [0.25, 0.3) is 5.56 Å². The van der Waals surface area contributed by atoms with Gasteiger partial charge < -0.3 is 9.26 Å². The predicted octanol–water partition coefficient (Wildman–Crippen LogP) is 3.94. The van der Waals surface area contributed by atoms with E-state index in [1.54, 1.807) is 4.57 Å². The molecule has 0 saturated carbocycles. The van der Waals surface area contributed by atoms with Gasteiger partial charge in [0.05, 0.1) is 36.2 Å². The van der Waals surface area contributed by atoms with Crippen molar-refractivity contribution < 1.29 is 9.26 Å². The van der Waals surface area contributed by atoms with E-state index in [2.05, 4.69) is 10.1 Å². The first-order valence-corrected chi connectivity index (χ1v) is 12.2. The zero-order valence-electron chi connectivity index (χ0n) is 20.5. The lowest BCUT2D eigenvalue weighted by atomic mass is 10.1. The van der Waals surface area contributed by atoms with Gasteiger partial charge in [0.1, 0.15) is 17.0 Å². The lowest BCUT2D eigenvalue weighted by Crippen LogP contribution is -2.37. The molecule has 4 heterocycles. The maximum Gasteiger partial charge on any atom is 0.274 e. The molecule has 0 spiro atoms. The molecule has 1 aliphatic rings. The molecule has 1 saturated heterocycles. The van der Waals surface area contributed by atoms with Crippen LogP contribution in [0.1, 0.15) is 42.1 Å². The van der Waals surface area contributed by atoms with E-state index in [9.17, 15) is 4.79 Å². The number of ether oxygens (including phenoxy) is 1. The van der Waals surface area contributed by atoms with E-state index in [4.69, 9.17) is 19.2 Å². The summed E-state index contributed by atoms with van der Waals surface area (Å²) in [4.78, 5) is 25.9. The topological polar surface area (TPSA) is 86.3 Å². The third-order valence-electron chi connectivity index (χ3n) is 6.75. The molecule has 8 nitrogen and oxygen atoms in total. The van der Waals surface area contributed by atoms with Gasteiger partial charge in [0, 0.05) is 13.1 Å². The number of pyridine rings is 1. The molecule has 0 radical (unpaired) electrons. The van der Waals surface area contributed by atoms with Gasteiger partial charge >= 0.3 is 0 Å². The van der Waals surface area contributed by atoms with Gasteiger partial charge in [-0.2, -0.15) is 0 Å². The van der Waals surface area contributed by atoms with Crippen LogP contribution in [0.25, 0.3) is 22.4 Å². The Morgan fingerprint density at radius 3 is 2.51 bits per heavy atom. The van der Waals surface area contributed by atoms with E-state index in [-0.39, 0.29) is 11.6 Å². The lowest BCUT2D eigenvalue weighted by Gasteiger charge is -2.26. The number of benzene rings is 1. The Balaban J connectivity index is 1.57. The minimum atomic E-state index is -0.195. The Bertz CT molecular complexity index is 1350. The number of aromatic nitrogens is 4. The number of morpholine rings is 1. The molecule has 0 unspecified atom stereocenters. The van der Waals surface area contributed by atoms with Crippen molar-refractivity contribution in [2.24, 2.45) is 0 Å². The van der Waals surface area contributed by atoms with Crippen LogP contribution >= 0.6 is 0 Å². The molecule has 0 aliphatic carbocycles. The van der Waals surface area contributed by atoms with Crippen molar-refractivity contribution in [3.05, 3.63) is 75.5 Å². The Hall–Kier alpha value is -3.36. The minimum absolute atomic E-state index is 0.0840. The van der Waals surface area contributed by atoms with Crippen molar-refractivity contribution in [1.29, 1.82) is 0 Å². The minimum Gasteiger partial charge on any atom is -0.379 e. The molecule has 4 aromatic rings. The molecule has 1 fully saturated rings. The molecule has 1 aliphatic heterocycles. The van der Waals surface area contributed by atoms with Crippen LogP contribution in [-0.4, -0.2) is 57.4 Å². The molecule has 0 amide bonds. The Kier molecular flexibility index (Phi) is 6.74. The second-order valence-electron chi connectivity index (χ2n) is 9.12. The molecule has 3 aromatic heterocycles. The van der Waals surface area contributed by atoms with Crippen molar-refractivity contribution >= 4 is 11.2 Å². The van der Waals surface area contributed by atoms with Gasteiger partial charge in [-0.25, -0.2) is 9.97 Å². The summed E-state index contributed by atoms with van der Waals surface area (Å²) in [6, 6.07) is 13.7. The number of hydrogen-bond donors (Lipinski definition) is 0. The van der Waals surface area contributed by atoms with Crippen molar-refractivity contribution in [1.82, 2.24) is 24.6 Å². The fraction of sp³-hybridized carbons (Fsp3) is 0.407. The largest absolute Gasteiger partial charge is 0.379 e. The third kappa shape index (κ3) is 4.76. The zero-order valence-corrected chi connectivity index (χ0v) is 20.5. The summed E-state index contributed by atoms with van der Waals surface area (Å²) in [5.41, 5.74) is 5.18. The number of nitrogens with zero attached hydrogens (tertiary/aromatic N) is 5. The van der Waals surface area contributed by atoms with Crippen LogP contribution in [0.2, 0.25) is 0 Å². The first kappa shape index (κ1) is 23.4. The highest BCUT2D eigenvalue weighted by molar-refractivity contribution is 5.76. The molecule has 1 aromatic carbocycles. The average molecular weight is 474 g/mol. The van der Waals surface area contributed by atoms with E-state index in [1.165, 1.54) is 0 Å².